The zero-order chi connectivity index (χ0) is 19.6. The molecule has 0 heterocycles. The van der Waals surface area contributed by atoms with Crippen molar-refractivity contribution in [3.05, 3.63) is 0 Å². The average Bonchev–Trinajstić information content (AvgIpc) is 2.37. The minimum Gasteiger partial charge on any atom is -0.460 e. The molecular formula is C13H17F6IO4. The van der Waals surface area contributed by atoms with Crippen LogP contribution in [-0.4, -0.2) is 40.4 Å². The van der Waals surface area contributed by atoms with Crippen molar-refractivity contribution in [2.24, 2.45) is 5.41 Å². The lowest BCUT2D eigenvalue weighted by atomic mass is 9.96. The zero-order valence-electron chi connectivity index (χ0n) is 13.3. The Bertz CT molecular complexity index is 453. The number of alkyl halides is 7. The van der Waals surface area contributed by atoms with E-state index in [-0.39, 0.29) is 6.42 Å². The van der Waals surface area contributed by atoms with Crippen molar-refractivity contribution in [1.29, 1.82) is 0 Å². The Morgan fingerprint density at radius 1 is 1.00 bits per heavy atom. The maximum atomic E-state index is 13.2. The summed E-state index contributed by atoms with van der Waals surface area (Å²) in [4.78, 5) is 23.1. The number of halogens is 7. The van der Waals surface area contributed by atoms with Crippen molar-refractivity contribution in [3.8, 4) is 0 Å². The van der Waals surface area contributed by atoms with Crippen LogP contribution in [0.1, 0.15) is 34.1 Å². The molecule has 0 aromatic rings. The molecule has 0 saturated carbocycles. The second-order valence-electron chi connectivity index (χ2n) is 5.95. The monoisotopic (exact) mass is 478 g/mol. The second-order valence-corrected chi connectivity index (χ2v) is 7.45. The Balaban J connectivity index is 5.81. The van der Waals surface area contributed by atoms with Crippen LogP contribution < -0.4 is 0 Å². The van der Waals surface area contributed by atoms with Crippen LogP contribution in [0, 0.1) is 5.41 Å². The Labute approximate surface area is 148 Å². The summed E-state index contributed by atoms with van der Waals surface area (Å²) in [5, 5.41) is 0. The van der Waals surface area contributed by atoms with Crippen LogP contribution in [0.3, 0.4) is 0 Å². The maximum absolute atomic E-state index is 13.2. The van der Waals surface area contributed by atoms with E-state index in [2.05, 4.69) is 9.47 Å². The molecule has 0 N–H and O–H groups in total. The standard InChI is InChI=1S/C13H17F6IO4/c1-5-7(20)8(21)23-6-11(12(14,15)16,13(17,18)19)24-9(22)10(2,3)4/h7H,5-6H2,1-4H3. The normalized spacial score (nSPS) is 15.0. The van der Waals surface area contributed by atoms with Gasteiger partial charge < -0.3 is 9.47 Å². The van der Waals surface area contributed by atoms with Gasteiger partial charge in [0.05, 0.1) is 5.41 Å². The lowest BCUT2D eigenvalue weighted by molar-refractivity contribution is -0.378. The van der Waals surface area contributed by atoms with E-state index in [1.807, 2.05) is 0 Å². The highest BCUT2D eigenvalue weighted by Crippen LogP contribution is 2.47. The summed E-state index contributed by atoms with van der Waals surface area (Å²) in [5.74, 6) is -2.99. The molecule has 0 fully saturated rings. The minimum absolute atomic E-state index is 0.145. The van der Waals surface area contributed by atoms with Crippen molar-refractivity contribution in [3.63, 3.8) is 0 Å². The SMILES string of the molecule is CCC(I)C(=O)OCC(OC(=O)C(C)(C)C)(C(F)(F)F)C(F)(F)F. The smallest absolute Gasteiger partial charge is 0.441 e. The van der Waals surface area contributed by atoms with Crippen LogP contribution in [0.2, 0.25) is 0 Å². The molecule has 0 aliphatic rings. The number of hydrogen-bond donors (Lipinski definition) is 0. The molecule has 0 aromatic heterocycles. The van der Waals surface area contributed by atoms with Gasteiger partial charge in [0.2, 0.25) is 0 Å². The van der Waals surface area contributed by atoms with Crippen molar-refractivity contribution in [2.75, 3.05) is 6.61 Å². The van der Waals surface area contributed by atoms with Gasteiger partial charge in [-0.15, -0.1) is 0 Å². The van der Waals surface area contributed by atoms with Crippen molar-refractivity contribution in [2.45, 2.75) is 56.0 Å². The van der Waals surface area contributed by atoms with E-state index >= 15 is 0 Å². The molecular weight excluding hydrogens is 461 g/mol. The van der Waals surface area contributed by atoms with Gasteiger partial charge in [-0.3, -0.25) is 9.59 Å². The summed E-state index contributed by atoms with van der Waals surface area (Å²) in [7, 11) is 0. The van der Waals surface area contributed by atoms with Crippen LogP contribution in [0.4, 0.5) is 26.3 Å². The average molecular weight is 478 g/mol. The van der Waals surface area contributed by atoms with Gasteiger partial charge in [-0.05, 0) is 27.2 Å². The van der Waals surface area contributed by atoms with E-state index in [9.17, 15) is 35.9 Å². The van der Waals surface area contributed by atoms with E-state index in [1.165, 1.54) is 29.5 Å². The predicted octanol–water partition coefficient (Wildman–Crippen LogP) is 4.20. The summed E-state index contributed by atoms with van der Waals surface area (Å²) in [5.41, 5.74) is -6.55. The molecule has 0 aliphatic heterocycles. The van der Waals surface area contributed by atoms with Crippen LogP contribution >= 0.6 is 22.6 Å². The fourth-order valence-electron chi connectivity index (χ4n) is 1.21. The molecule has 1 unspecified atom stereocenters. The molecule has 24 heavy (non-hydrogen) atoms. The molecule has 0 rings (SSSR count). The Morgan fingerprint density at radius 3 is 1.71 bits per heavy atom. The van der Waals surface area contributed by atoms with Crippen LogP contribution in [0.25, 0.3) is 0 Å². The Kier molecular flexibility index (Phi) is 7.41. The molecule has 0 amide bonds. The molecule has 0 spiro atoms. The zero-order valence-corrected chi connectivity index (χ0v) is 15.4. The van der Waals surface area contributed by atoms with Gasteiger partial charge in [-0.25, -0.2) is 0 Å². The Hall–Kier alpha value is -0.750. The molecule has 4 nitrogen and oxygen atoms in total. The number of rotatable bonds is 5. The van der Waals surface area contributed by atoms with Gasteiger partial charge in [0.15, 0.2) is 0 Å². The Morgan fingerprint density at radius 2 is 1.42 bits per heavy atom. The molecule has 11 heteroatoms. The highest BCUT2D eigenvalue weighted by molar-refractivity contribution is 14.1. The maximum Gasteiger partial charge on any atom is 0.441 e. The largest absolute Gasteiger partial charge is 0.460 e. The number of carbonyl (C=O) groups excluding carboxylic acids is 2. The highest BCUT2D eigenvalue weighted by atomic mass is 127. The van der Waals surface area contributed by atoms with Gasteiger partial charge in [0, 0.05) is 0 Å². The fraction of sp³-hybridized carbons (Fsp3) is 0.846. The van der Waals surface area contributed by atoms with E-state index in [0.717, 1.165) is 20.8 Å². The highest BCUT2D eigenvalue weighted by Gasteiger charge is 2.75. The molecule has 0 aliphatic carbocycles. The molecule has 0 aromatic carbocycles. The summed E-state index contributed by atoms with van der Waals surface area (Å²) in [6, 6.07) is 0. The fourth-order valence-corrected chi connectivity index (χ4v) is 1.39. The second kappa shape index (κ2) is 7.65. The molecule has 1 atom stereocenters. The molecule has 0 saturated heterocycles. The van der Waals surface area contributed by atoms with E-state index in [0.29, 0.717) is 0 Å². The van der Waals surface area contributed by atoms with Crippen LogP contribution in [0.5, 0.6) is 0 Å². The van der Waals surface area contributed by atoms with Crippen LogP contribution in [0.15, 0.2) is 0 Å². The third-order valence-corrected chi connectivity index (χ3v) is 4.22. The first kappa shape index (κ1) is 23.2. The quantitative estimate of drug-likeness (QED) is 0.258. The predicted molar refractivity (Wildman–Crippen MR) is 79.4 cm³/mol. The summed E-state index contributed by atoms with van der Waals surface area (Å²) in [6.45, 7) is 2.59. The summed E-state index contributed by atoms with van der Waals surface area (Å²) < 4.78 is 86.0. The minimum atomic E-state index is -6.03. The lowest BCUT2D eigenvalue weighted by Gasteiger charge is -2.37. The van der Waals surface area contributed by atoms with Crippen LogP contribution in [-0.2, 0) is 19.1 Å². The van der Waals surface area contributed by atoms with E-state index in [4.69, 9.17) is 0 Å². The first-order valence-corrected chi connectivity index (χ1v) is 7.91. The van der Waals surface area contributed by atoms with E-state index in [1.54, 1.807) is 0 Å². The summed E-state index contributed by atoms with van der Waals surface area (Å²) >= 11 is 1.52. The van der Waals surface area contributed by atoms with Crippen molar-refractivity contribution >= 4 is 34.5 Å². The van der Waals surface area contributed by atoms with Crippen molar-refractivity contribution < 1.29 is 45.4 Å². The third kappa shape index (κ3) is 5.38. The third-order valence-electron chi connectivity index (χ3n) is 2.83. The van der Waals surface area contributed by atoms with Gasteiger partial charge in [-0.1, -0.05) is 29.5 Å². The number of ether oxygens (including phenoxy) is 2. The first-order valence-electron chi connectivity index (χ1n) is 6.67. The lowest BCUT2D eigenvalue weighted by Crippen LogP contribution is -2.63. The number of hydrogen-bond acceptors (Lipinski definition) is 4. The molecule has 142 valence electrons. The van der Waals surface area contributed by atoms with Crippen molar-refractivity contribution in [1.82, 2.24) is 0 Å². The first-order chi connectivity index (χ1) is 10.5. The molecule has 0 bridgehead atoms. The van der Waals surface area contributed by atoms with Gasteiger partial charge >= 0.3 is 29.9 Å². The summed E-state index contributed by atoms with van der Waals surface area (Å²) in [6.07, 6.45) is -11.9. The van der Waals surface area contributed by atoms with Gasteiger partial charge in [0.25, 0.3) is 0 Å². The van der Waals surface area contributed by atoms with E-state index < -0.39 is 45.8 Å². The number of esters is 2. The van der Waals surface area contributed by atoms with Gasteiger partial charge in [-0.2, -0.15) is 26.3 Å². The topological polar surface area (TPSA) is 52.6 Å². The number of carbonyl (C=O) groups is 2. The van der Waals surface area contributed by atoms with Gasteiger partial charge in [0.1, 0.15) is 10.5 Å². The molecule has 0 radical (unpaired) electrons.